The number of nitrogens with two attached hydrogens (primary N) is 1. The Labute approximate surface area is 479 Å². The van der Waals surface area contributed by atoms with Gasteiger partial charge in [0.05, 0.1) is 32.2 Å². The van der Waals surface area contributed by atoms with Gasteiger partial charge in [-0.2, -0.15) is 0 Å². The number of rotatable bonds is 34. The average molecular weight is 1190 g/mol. The summed E-state index contributed by atoms with van der Waals surface area (Å²) in [6.45, 7) is 2.10. The van der Waals surface area contributed by atoms with Crippen molar-refractivity contribution in [1.82, 2.24) is 47.4 Å². The van der Waals surface area contributed by atoms with E-state index in [0.717, 1.165) is 11.8 Å². The van der Waals surface area contributed by atoms with E-state index in [9.17, 15) is 108 Å². The van der Waals surface area contributed by atoms with Crippen LogP contribution < -0.4 is 48.3 Å². The van der Waals surface area contributed by atoms with Gasteiger partial charge in [-0.25, -0.2) is 4.79 Å². The average Bonchev–Trinajstić information content (AvgIpc) is 3.44. The first kappa shape index (κ1) is 69.3. The van der Waals surface area contributed by atoms with Gasteiger partial charge in [-0.3, -0.25) is 57.5 Å². The lowest BCUT2D eigenvalue weighted by Gasteiger charge is -2.30. The van der Waals surface area contributed by atoms with E-state index in [1.54, 1.807) is 13.8 Å². The molecule has 32 heteroatoms. The summed E-state index contributed by atoms with van der Waals surface area (Å²) >= 11 is 0. The Morgan fingerprint density at radius 2 is 0.988 bits per heavy atom. The van der Waals surface area contributed by atoms with Crippen LogP contribution in [-0.2, 0) is 75.2 Å². The van der Waals surface area contributed by atoms with Gasteiger partial charge in [-0.05, 0) is 73.9 Å². The van der Waals surface area contributed by atoms with E-state index in [4.69, 9.17) is 5.73 Å². The second-order valence-electron chi connectivity index (χ2n) is 20.2. The normalized spacial score (nSPS) is 16.5. The van der Waals surface area contributed by atoms with Crippen molar-refractivity contribution in [1.29, 1.82) is 0 Å². The second-order valence-corrected chi connectivity index (χ2v) is 20.2. The van der Waals surface area contributed by atoms with Crippen LogP contribution >= 0.6 is 0 Å². The molecular formula is C52H72N10O22. The van der Waals surface area contributed by atoms with Gasteiger partial charge in [0.15, 0.2) is 0 Å². The van der Waals surface area contributed by atoms with Crippen molar-refractivity contribution in [2.45, 2.75) is 145 Å². The Bertz CT molecular complexity index is 2690. The number of aliphatic hydroxyl groups is 3. The number of carboxylic acid groups (broad SMARTS) is 4. The van der Waals surface area contributed by atoms with Crippen LogP contribution in [0.1, 0.15) is 76.8 Å². The van der Waals surface area contributed by atoms with E-state index in [2.05, 4.69) is 42.5 Å². The first-order valence-corrected chi connectivity index (χ1v) is 26.3. The standard InChI is InChI=1S/C52H72N10O22/c1-24(2)17-32(55-43(74)30(53)22-63)45(76)54-31(14-15-39(68)69)44(75)58-35(21-41(72)73)51(82)62-16-4-5-38(62)49(80)60-37(23-64)48(79)61-42(25(3)65)50(81)57-34(20-40(70)71)47(78)56-33(18-26-6-10-28(66)11-7-26)46(77)59-36(52(83)84)19-27-8-12-29(67)13-9-27/h6-13,24-25,30-38,42,63-67H,4-5,14-23,53H2,1-3H3,(H,54,76)(H,55,74)(H,56,78)(H,57,81)(H,58,75)(H,59,77)(H,60,80)(H,61,79)(H,68,69)(H,70,71)(H,72,73)(H,83,84)/t25-,30+,31+,32+,33+,34+,35+,36+,37+,38+,42+/m1/s1. The minimum Gasteiger partial charge on any atom is -0.508 e. The molecule has 0 saturated carbocycles. The first-order valence-electron chi connectivity index (χ1n) is 26.3. The maximum Gasteiger partial charge on any atom is 0.326 e. The highest BCUT2D eigenvalue weighted by molar-refractivity contribution is 6.00. The zero-order valence-electron chi connectivity index (χ0n) is 45.9. The van der Waals surface area contributed by atoms with Crippen LogP contribution in [0.4, 0.5) is 0 Å². The van der Waals surface area contributed by atoms with Gasteiger partial charge in [0, 0.05) is 25.8 Å². The molecule has 1 fully saturated rings. The number of aromatic hydroxyl groups is 2. The fraction of sp³-hybridized carbons (Fsp3) is 0.519. The van der Waals surface area contributed by atoms with Crippen LogP contribution in [0.25, 0.3) is 0 Å². The molecule has 84 heavy (non-hydrogen) atoms. The lowest BCUT2D eigenvalue weighted by Crippen LogP contribution is -2.62. The largest absolute Gasteiger partial charge is 0.508 e. The number of aliphatic hydroxyl groups excluding tert-OH is 3. The third-order valence-corrected chi connectivity index (χ3v) is 12.9. The number of carbonyl (C=O) groups is 13. The molecule has 2 aromatic carbocycles. The molecule has 0 aromatic heterocycles. The van der Waals surface area contributed by atoms with Gasteiger partial charge in [0.1, 0.15) is 71.9 Å². The minimum absolute atomic E-state index is 0.0330. The van der Waals surface area contributed by atoms with Gasteiger partial charge in [0.25, 0.3) is 0 Å². The van der Waals surface area contributed by atoms with Crippen LogP contribution in [0.15, 0.2) is 48.5 Å². The summed E-state index contributed by atoms with van der Waals surface area (Å²) in [5.41, 5.74) is 6.24. The summed E-state index contributed by atoms with van der Waals surface area (Å²) in [4.78, 5) is 171. The number of carbonyl (C=O) groups excluding carboxylic acids is 9. The Morgan fingerprint density at radius 1 is 0.536 bits per heavy atom. The molecule has 11 atom stereocenters. The molecule has 19 N–H and O–H groups in total. The maximum absolute atomic E-state index is 14.1. The number of amides is 9. The Balaban J connectivity index is 1.82. The number of nitrogens with one attached hydrogen (secondary N) is 8. The molecule has 0 radical (unpaired) electrons. The predicted octanol–water partition coefficient (Wildman–Crippen LogP) is -5.61. The molecule has 1 heterocycles. The molecule has 1 aliphatic heterocycles. The monoisotopic (exact) mass is 1190 g/mol. The van der Waals surface area contributed by atoms with E-state index in [1.165, 1.54) is 48.5 Å². The number of phenols is 2. The van der Waals surface area contributed by atoms with E-state index in [0.29, 0.717) is 11.1 Å². The Kier molecular flexibility index (Phi) is 27.4. The minimum atomic E-state index is -2.09. The number of carboxylic acids is 4. The van der Waals surface area contributed by atoms with Crippen molar-refractivity contribution in [3.8, 4) is 11.5 Å². The third kappa shape index (κ3) is 22.4. The molecule has 9 amide bonds. The van der Waals surface area contributed by atoms with Crippen molar-refractivity contribution in [3.63, 3.8) is 0 Å². The van der Waals surface area contributed by atoms with Crippen molar-refractivity contribution < 1.29 is 108 Å². The summed E-state index contributed by atoms with van der Waals surface area (Å²) in [5.74, 6) is -17.5. The fourth-order valence-electron chi connectivity index (χ4n) is 8.48. The summed E-state index contributed by atoms with van der Waals surface area (Å²) in [6, 6.07) is -6.99. The van der Waals surface area contributed by atoms with Gasteiger partial charge in [-0.15, -0.1) is 0 Å². The highest BCUT2D eigenvalue weighted by atomic mass is 16.4. The number of hydrogen-bond acceptors (Lipinski definition) is 19. The fourth-order valence-corrected chi connectivity index (χ4v) is 8.48. The molecule has 0 aliphatic carbocycles. The van der Waals surface area contributed by atoms with Crippen LogP contribution in [-0.4, -0.2) is 214 Å². The van der Waals surface area contributed by atoms with Crippen LogP contribution in [0.3, 0.4) is 0 Å². The van der Waals surface area contributed by atoms with Crippen LogP contribution in [0.2, 0.25) is 0 Å². The Hall–Kier alpha value is -9.01. The first-order chi connectivity index (χ1) is 39.4. The van der Waals surface area contributed by atoms with Gasteiger partial charge in [0.2, 0.25) is 53.2 Å². The number of phenolic OH excluding ortho intramolecular Hbond substituents is 2. The molecule has 462 valence electrons. The van der Waals surface area contributed by atoms with Gasteiger partial charge in [-0.1, -0.05) is 38.1 Å². The molecule has 2 aromatic rings. The van der Waals surface area contributed by atoms with Crippen LogP contribution in [0.5, 0.6) is 11.5 Å². The van der Waals surface area contributed by atoms with E-state index in [-0.39, 0.29) is 49.6 Å². The second kappa shape index (κ2) is 33.2. The number of benzene rings is 2. The SMILES string of the molecule is CC(C)C[C@H](NC(=O)[C@@H](N)CO)C(=O)N[C@@H](CCC(=O)O)C(=O)N[C@@H](CC(=O)O)C(=O)N1CCC[C@H]1C(=O)N[C@@H](CO)C(=O)N[C@H](C(=O)N[C@@H](CC(=O)O)C(=O)N[C@@H](Cc1ccc(O)cc1)C(=O)N[C@@H](Cc1ccc(O)cc1)C(=O)O)[C@@H](C)O. The number of likely N-dealkylation sites (tertiary alicyclic amines) is 1. The molecule has 32 nitrogen and oxygen atoms in total. The van der Waals surface area contributed by atoms with Crippen molar-refractivity contribution >= 4 is 77.0 Å². The summed E-state index contributed by atoms with van der Waals surface area (Å²) < 4.78 is 0. The summed E-state index contributed by atoms with van der Waals surface area (Å²) in [5, 5.41) is 106. The van der Waals surface area contributed by atoms with E-state index >= 15 is 0 Å². The molecule has 0 bridgehead atoms. The van der Waals surface area contributed by atoms with Crippen molar-refractivity contribution in [2.75, 3.05) is 19.8 Å². The summed E-state index contributed by atoms with van der Waals surface area (Å²) in [7, 11) is 0. The highest BCUT2D eigenvalue weighted by Crippen LogP contribution is 2.21. The van der Waals surface area contributed by atoms with E-state index in [1.807, 2.05) is 0 Å². The highest BCUT2D eigenvalue weighted by Gasteiger charge is 2.42. The number of aliphatic carboxylic acids is 4. The smallest absolute Gasteiger partial charge is 0.326 e. The number of nitrogens with zero attached hydrogens (tertiary/aromatic N) is 1. The van der Waals surface area contributed by atoms with Crippen molar-refractivity contribution in [2.24, 2.45) is 11.7 Å². The van der Waals surface area contributed by atoms with Gasteiger partial charge >= 0.3 is 23.9 Å². The molecule has 3 rings (SSSR count). The molecule has 1 saturated heterocycles. The zero-order valence-corrected chi connectivity index (χ0v) is 45.9. The van der Waals surface area contributed by atoms with Crippen molar-refractivity contribution in [3.05, 3.63) is 59.7 Å². The lowest BCUT2D eigenvalue weighted by molar-refractivity contribution is -0.146. The van der Waals surface area contributed by atoms with E-state index < -0.39 is 189 Å². The molecule has 1 aliphatic rings. The zero-order chi connectivity index (χ0) is 63.1. The molecule has 0 unspecified atom stereocenters. The summed E-state index contributed by atoms with van der Waals surface area (Å²) in [6.07, 6.45) is -6.31. The Morgan fingerprint density at radius 3 is 1.49 bits per heavy atom. The predicted molar refractivity (Wildman–Crippen MR) is 286 cm³/mol. The lowest BCUT2D eigenvalue weighted by atomic mass is 10.0. The maximum atomic E-state index is 14.1. The molecular weight excluding hydrogens is 1120 g/mol. The van der Waals surface area contributed by atoms with Crippen LogP contribution in [0, 0.1) is 5.92 Å². The van der Waals surface area contributed by atoms with Gasteiger partial charge < -0.3 is 99.1 Å². The topological polar surface area (TPSA) is 529 Å². The third-order valence-electron chi connectivity index (χ3n) is 12.9. The number of hydrogen-bond donors (Lipinski definition) is 18. The quantitative estimate of drug-likeness (QED) is 0.0311. The molecule has 0 spiro atoms.